The Bertz CT molecular complexity index is 155. The van der Waals surface area contributed by atoms with E-state index in [4.69, 9.17) is 9.84 Å². The van der Waals surface area contributed by atoms with Crippen LogP contribution in [0.25, 0.3) is 0 Å². The molecule has 1 aliphatic heterocycles. The Labute approximate surface area is 66.4 Å². The van der Waals surface area contributed by atoms with E-state index in [9.17, 15) is 4.79 Å². The molecule has 0 aromatic heterocycles. The lowest BCUT2D eigenvalue weighted by Crippen LogP contribution is -2.17. The number of ether oxygens (including phenoxy) is 1. The van der Waals surface area contributed by atoms with Gasteiger partial charge in [0.1, 0.15) is 6.10 Å². The number of aliphatic hydroxyl groups excluding tert-OH is 1. The Morgan fingerprint density at radius 3 is 2.55 bits per heavy atom. The maximum Gasteiger partial charge on any atom is 0.309 e. The molecule has 3 unspecified atom stereocenters. The number of aliphatic hydroxyl groups is 1. The number of carbonyl (C=O) groups excluding carboxylic acids is 1. The van der Waals surface area contributed by atoms with Crippen molar-refractivity contribution in [1.29, 1.82) is 0 Å². The molecule has 0 aromatic carbocycles. The lowest BCUT2D eigenvalue weighted by molar-refractivity contribution is -0.144. The molecule has 0 amide bonds. The molecule has 3 heteroatoms. The molecule has 1 saturated heterocycles. The summed E-state index contributed by atoms with van der Waals surface area (Å²) in [6.07, 6.45) is 0.500. The van der Waals surface area contributed by atoms with Gasteiger partial charge >= 0.3 is 5.97 Å². The van der Waals surface area contributed by atoms with Crippen molar-refractivity contribution in [2.24, 2.45) is 11.8 Å². The van der Waals surface area contributed by atoms with E-state index in [-0.39, 0.29) is 30.5 Å². The molecule has 1 N–H and O–H groups in total. The molecule has 0 spiro atoms. The van der Waals surface area contributed by atoms with Crippen LogP contribution in [0.5, 0.6) is 0 Å². The maximum atomic E-state index is 11.0. The van der Waals surface area contributed by atoms with Gasteiger partial charge < -0.3 is 9.84 Å². The highest BCUT2D eigenvalue weighted by Gasteiger charge is 2.37. The van der Waals surface area contributed by atoms with E-state index < -0.39 is 0 Å². The number of rotatable bonds is 2. The summed E-state index contributed by atoms with van der Waals surface area (Å²) in [5.41, 5.74) is 0. The molecule has 0 bridgehead atoms. The second-order valence-corrected chi connectivity index (χ2v) is 3.14. The summed E-state index contributed by atoms with van der Waals surface area (Å²) in [4.78, 5) is 11.0. The number of esters is 1. The molecule has 3 nitrogen and oxygen atoms in total. The zero-order valence-electron chi connectivity index (χ0n) is 6.91. The predicted octanol–water partition coefficient (Wildman–Crippen LogP) is 0.566. The van der Waals surface area contributed by atoms with E-state index in [0.29, 0.717) is 6.42 Å². The smallest absolute Gasteiger partial charge is 0.309 e. The fraction of sp³-hybridized carbons (Fsp3) is 0.875. The summed E-state index contributed by atoms with van der Waals surface area (Å²) in [5.74, 6) is 0.108. The average molecular weight is 158 g/mol. The van der Waals surface area contributed by atoms with Gasteiger partial charge in [-0.3, -0.25) is 4.79 Å². The van der Waals surface area contributed by atoms with Gasteiger partial charge in [0.25, 0.3) is 0 Å². The van der Waals surface area contributed by atoms with Crippen molar-refractivity contribution in [3.05, 3.63) is 0 Å². The number of cyclic esters (lactones) is 1. The van der Waals surface area contributed by atoms with Crippen LogP contribution in [-0.2, 0) is 9.53 Å². The molecule has 0 radical (unpaired) electrons. The Morgan fingerprint density at radius 1 is 1.55 bits per heavy atom. The normalized spacial score (nSPS) is 37.4. The number of hydrogen-bond donors (Lipinski definition) is 1. The van der Waals surface area contributed by atoms with Crippen LogP contribution >= 0.6 is 0 Å². The van der Waals surface area contributed by atoms with Gasteiger partial charge in [-0.2, -0.15) is 0 Å². The van der Waals surface area contributed by atoms with Crippen molar-refractivity contribution < 1.29 is 14.6 Å². The Hall–Kier alpha value is -0.570. The standard InChI is InChI=1S/C8H14O3/c1-5-6(2)8(10)11-7(5)3-4-9/h5-7,9H,3-4H2,1-2H3. The zero-order valence-corrected chi connectivity index (χ0v) is 6.91. The highest BCUT2D eigenvalue weighted by atomic mass is 16.6. The first kappa shape index (κ1) is 8.53. The highest BCUT2D eigenvalue weighted by molar-refractivity contribution is 5.74. The van der Waals surface area contributed by atoms with E-state index >= 15 is 0 Å². The van der Waals surface area contributed by atoms with Gasteiger partial charge in [0, 0.05) is 18.9 Å². The first-order valence-electron chi connectivity index (χ1n) is 3.98. The van der Waals surface area contributed by atoms with Gasteiger partial charge in [0.2, 0.25) is 0 Å². The highest BCUT2D eigenvalue weighted by Crippen LogP contribution is 2.28. The second-order valence-electron chi connectivity index (χ2n) is 3.14. The summed E-state index contributed by atoms with van der Waals surface area (Å²) in [7, 11) is 0. The minimum absolute atomic E-state index is 0.00782. The van der Waals surface area contributed by atoms with Crippen LogP contribution in [0.3, 0.4) is 0 Å². The van der Waals surface area contributed by atoms with Gasteiger partial charge in [-0.05, 0) is 0 Å². The van der Waals surface area contributed by atoms with E-state index in [2.05, 4.69) is 0 Å². The van der Waals surface area contributed by atoms with Gasteiger partial charge in [-0.25, -0.2) is 0 Å². The van der Waals surface area contributed by atoms with E-state index in [0.717, 1.165) is 0 Å². The van der Waals surface area contributed by atoms with Crippen LogP contribution in [-0.4, -0.2) is 23.8 Å². The molecule has 0 aromatic rings. The Kier molecular flexibility index (Phi) is 2.49. The summed E-state index contributed by atoms with van der Waals surface area (Å²) in [5, 5.41) is 8.63. The van der Waals surface area contributed by atoms with Crippen molar-refractivity contribution in [2.75, 3.05) is 6.61 Å². The Balaban J connectivity index is 2.52. The largest absolute Gasteiger partial charge is 0.462 e. The monoisotopic (exact) mass is 158 g/mol. The van der Waals surface area contributed by atoms with Crippen molar-refractivity contribution in [3.63, 3.8) is 0 Å². The molecule has 1 fully saturated rings. The molecule has 0 saturated carbocycles. The molecule has 11 heavy (non-hydrogen) atoms. The zero-order chi connectivity index (χ0) is 8.43. The van der Waals surface area contributed by atoms with Crippen LogP contribution in [0, 0.1) is 11.8 Å². The third-order valence-corrected chi connectivity index (χ3v) is 2.43. The first-order valence-corrected chi connectivity index (χ1v) is 3.98. The molecule has 1 heterocycles. The van der Waals surface area contributed by atoms with Crippen LogP contribution < -0.4 is 0 Å². The van der Waals surface area contributed by atoms with E-state index in [1.54, 1.807) is 0 Å². The van der Waals surface area contributed by atoms with Crippen molar-refractivity contribution in [1.82, 2.24) is 0 Å². The summed E-state index contributed by atoms with van der Waals surface area (Å²) in [6, 6.07) is 0. The fourth-order valence-electron chi connectivity index (χ4n) is 1.35. The third kappa shape index (κ3) is 1.53. The van der Waals surface area contributed by atoms with Crippen molar-refractivity contribution >= 4 is 5.97 Å². The van der Waals surface area contributed by atoms with Crippen LogP contribution in [0.15, 0.2) is 0 Å². The van der Waals surface area contributed by atoms with Gasteiger partial charge in [-0.1, -0.05) is 13.8 Å². The van der Waals surface area contributed by atoms with E-state index in [1.165, 1.54) is 0 Å². The summed E-state index contributed by atoms with van der Waals surface area (Å²) >= 11 is 0. The van der Waals surface area contributed by atoms with Crippen molar-refractivity contribution in [2.45, 2.75) is 26.4 Å². The second kappa shape index (κ2) is 3.22. The topological polar surface area (TPSA) is 46.5 Å². The molecule has 3 atom stereocenters. The van der Waals surface area contributed by atoms with Crippen LogP contribution in [0.4, 0.5) is 0 Å². The minimum atomic E-state index is -0.129. The fourth-order valence-corrected chi connectivity index (χ4v) is 1.35. The molecular weight excluding hydrogens is 144 g/mol. The average Bonchev–Trinajstić information content (AvgIpc) is 2.19. The Morgan fingerprint density at radius 2 is 2.18 bits per heavy atom. The van der Waals surface area contributed by atoms with Crippen LogP contribution in [0.1, 0.15) is 20.3 Å². The van der Waals surface area contributed by atoms with E-state index in [1.807, 2.05) is 13.8 Å². The molecule has 64 valence electrons. The number of carbonyl (C=O) groups is 1. The van der Waals surface area contributed by atoms with Gasteiger partial charge in [0.15, 0.2) is 0 Å². The SMILES string of the molecule is CC1C(=O)OC(CCO)C1C. The summed E-state index contributed by atoms with van der Waals surface area (Å²) < 4.78 is 5.03. The quantitative estimate of drug-likeness (QED) is 0.597. The third-order valence-electron chi connectivity index (χ3n) is 2.43. The molecule has 1 rings (SSSR count). The minimum Gasteiger partial charge on any atom is -0.462 e. The lowest BCUT2D eigenvalue weighted by Gasteiger charge is -2.12. The maximum absolute atomic E-state index is 11.0. The molecule has 1 aliphatic rings. The van der Waals surface area contributed by atoms with Gasteiger partial charge in [0.05, 0.1) is 5.92 Å². The summed E-state index contributed by atoms with van der Waals surface area (Å²) in [6.45, 7) is 3.94. The molecule has 0 aliphatic carbocycles. The molecular formula is C8H14O3. The predicted molar refractivity (Wildman–Crippen MR) is 39.9 cm³/mol. The lowest BCUT2D eigenvalue weighted by atomic mass is 9.93. The van der Waals surface area contributed by atoms with Gasteiger partial charge in [-0.15, -0.1) is 0 Å². The van der Waals surface area contributed by atoms with Crippen LogP contribution in [0.2, 0.25) is 0 Å². The first-order chi connectivity index (χ1) is 5.16. The van der Waals surface area contributed by atoms with Crippen molar-refractivity contribution in [3.8, 4) is 0 Å². The number of hydrogen-bond acceptors (Lipinski definition) is 3.